The summed E-state index contributed by atoms with van der Waals surface area (Å²) in [5.41, 5.74) is 0. The van der Waals surface area contributed by atoms with Gasteiger partial charge in [0.2, 0.25) is 0 Å². The highest BCUT2D eigenvalue weighted by molar-refractivity contribution is 4.73. The lowest BCUT2D eigenvalue weighted by atomic mass is 9.97. The average molecular weight is 228 g/mol. The van der Waals surface area contributed by atoms with Gasteiger partial charge in [-0.25, -0.2) is 0 Å². The number of hydrogen-bond acceptors (Lipinski definition) is 3. The molecule has 16 heavy (non-hydrogen) atoms. The third-order valence-electron chi connectivity index (χ3n) is 3.32. The topological polar surface area (TPSA) is 24.5 Å². The maximum atomic E-state index is 5.39. The fourth-order valence-electron chi connectivity index (χ4n) is 2.24. The van der Waals surface area contributed by atoms with Crippen molar-refractivity contribution in [2.75, 3.05) is 45.9 Å². The first-order chi connectivity index (χ1) is 7.86. The van der Waals surface area contributed by atoms with Crippen LogP contribution in [-0.2, 0) is 4.74 Å². The summed E-state index contributed by atoms with van der Waals surface area (Å²) in [5, 5.41) is 3.53. The Morgan fingerprint density at radius 2 is 2.00 bits per heavy atom. The molecular weight excluding hydrogens is 200 g/mol. The Morgan fingerprint density at radius 3 is 2.62 bits per heavy atom. The Kier molecular flexibility index (Phi) is 7.81. The van der Waals surface area contributed by atoms with Gasteiger partial charge in [-0.2, -0.15) is 0 Å². The van der Waals surface area contributed by atoms with Gasteiger partial charge >= 0.3 is 0 Å². The van der Waals surface area contributed by atoms with Crippen LogP contribution in [0.25, 0.3) is 0 Å². The largest absolute Gasteiger partial charge is 0.380 e. The summed E-state index contributed by atoms with van der Waals surface area (Å²) in [6.07, 6.45) is 3.94. The van der Waals surface area contributed by atoms with Gasteiger partial charge < -0.3 is 15.0 Å². The molecule has 0 unspecified atom stereocenters. The Labute approximate surface area is 101 Å². The highest BCUT2D eigenvalue weighted by Crippen LogP contribution is 2.15. The summed E-state index contributed by atoms with van der Waals surface area (Å²) >= 11 is 0. The molecule has 0 aromatic carbocycles. The van der Waals surface area contributed by atoms with E-state index in [0.717, 1.165) is 25.7 Å². The van der Waals surface area contributed by atoms with Gasteiger partial charge in [0.1, 0.15) is 0 Å². The van der Waals surface area contributed by atoms with Crippen molar-refractivity contribution in [1.82, 2.24) is 10.2 Å². The van der Waals surface area contributed by atoms with E-state index in [1.165, 1.54) is 45.4 Å². The van der Waals surface area contributed by atoms with E-state index in [9.17, 15) is 0 Å². The molecule has 3 heteroatoms. The van der Waals surface area contributed by atoms with Crippen molar-refractivity contribution in [2.24, 2.45) is 5.92 Å². The Hall–Kier alpha value is -0.120. The number of ether oxygens (including phenoxy) is 1. The molecule has 3 nitrogen and oxygen atoms in total. The Balaban J connectivity index is 2.00. The van der Waals surface area contributed by atoms with Crippen LogP contribution in [0.1, 0.15) is 33.1 Å². The van der Waals surface area contributed by atoms with Crippen molar-refractivity contribution in [1.29, 1.82) is 0 Å². The van der Waals surface area contributed by atoms with E-state index in [0.29, 0.717) is 0 Å². The standard InChI is InChI=1S/C13H28N2O/c1-3-7-14-12-13-5-8-15(9-6-13)10-11-16-4-2/h13-14H,3-12H2,1-2H3. The van der Waals surface area contributed by atoms with E-state index in [4.69, 9.17) is 4.74 Å². The van der Waals surface area contributed by atoms with Gasteiger partial charge in [-0.05, 0) is 58.3 Å². The van der Waals surface area contributed by atoms with E-state index < -0.39 is 0 Å². The van der Waals surface area contributed by atoms with Crippen LogP contribution in [0.2, 0.25) is 0 Å². The first-order valence-electron chi connectivity index (χ1n) is 6.87. The summed E-state index contributed by atoms with van der Waals surface area (Å²) in [6.45, 7) is 12.0. The zero-order valence-corrected chi connectivity index (χ0v) is 11.0. The molecule has 0 aromatic rings. The number of rotatable bonds is 8. The first-order valence-corrected chi connectivity index (χ1v) is 6.87. The molecule has 0 radical (unpaired) electrons. The quantitative estimate of drug-likeness (QED) is 0.640. The summed E-state index contributed by atoms with van der Waals surface area (Å²) in [6, 6.07) is 0. The van der Waals surface area contributed by atoms with Gasteiger partial charge in [-0.1, -0.05) is 6.92 Å². The molecule has 0 bridgehead atoms. The third-order valence-corrected chi connectivity index (χ3v) is 3.32. The molecule has 0 aliphatic carbocycles. The number of nitrogens with zero attached hydrogens (tertiary/aromatic N) is 1. The van der Waals surface area contributed by atoms with Crippen molar-refractivity contribution in [3.8, 4) is 0 Å². The Bertz CT molecular complexity index is 138. The molecule has 1 saturated heterocycles. The van der Waals surface area contributed by atoms with Crippen LogP contribution in [0.15, 0.2) is 0 Å². The van der Waals surface area contributed by atoms with Gasteiger partial charge in [-0.3, -0.25) is 0 Å². The van der Waals surface area contributed by atoms with E-state index in [-0.39, 0.29) is 0 Å². The van der Waals surface area contributed by atoms with Crippen LogP contribution in [0.5, 0.6) is 0 Å². The minimum Gasteiger partial charge on any atom is -0.380 e. The molecule has 1 fully saturated rings. The lowest BCUT2D eigenvalue weighted by molar-refractivity contribution is 0.0956. The molecular formula is C13H28N2O. The summed E-state index contributed by atoms with van der Waals surface area (Å²) < 4.78 is 5.39. The van der Waals surface area contributed by atoms with Gasteiger partial charge in [-0.15, -0.1) is 0 Å². The number of piperidine rings is 1. The highest BCUT2D eigenvalue weighted by atomic mass is 16.5. The van der Waals surface area contributed by atoms with Gasteiger partial charge in [0.15, 0.2) is 0 Å². The maximum Gasteiger partial charge on any atom is 0.0593 e. The van der Waals surface area contributed by atoms with E-state index in [1.54, 1.807) is 0 Å². The number of hydrogen-bond donors (Lipinski definition) is 1. The van der Waals surface area contributed by atoms with Crippen molar-refractivity contribution in [3.63, 3.8) is 0 Å². The number of likely N-dealkylation sites (tertiary alicyclic amines) is 1. The second-order valence-electron chi connectivity index (χ2n) is 4.69. The fraction of sp³-hybridized carbons (Fsp3) is 1.00. The number of nitrogens with one attached hydrogen (secondary N) is 1. The molecule has 0 atom stereocenters. The first kappa shape index (κ1) is 13.9. The third kappa shape index (κ3) is 5.83. The molecule has 0 aromatic heterocycles. The van der Waals surface area contributed by atoms with Crippen molar-refractivity contribution < 1.29 is 4.74 Å². The van der Waals surface area contributed by atoms with Gasteiger partial charge in [0, 0.05) is 13.2 Å². The van der Waals surface area contributed by atoms with E-state index in [2.05, 4.69) is 24.1 Å². The SMILES string of the molecule is CCCNCC1CCN(CCOCC)CC1. The smallest absolute Gasteiger partial charge is 0.0593 e. The second-order valence-corrected chi connectivity index (χ2v) is 4.69. The normalized spacial score (nSPS) is 19.1. The molecule has 0 spiro atoms. The molecule has 0 saturated carbocycles. The second kappa shape index (κ2) is 8.97. The fourth-order valence-corrected chi connectivity index (χ4v) is 2.24. The van der Waals surface area contributed by atoms with Crippen molar-refractivity contribution in [2.45, 2.75) is 33.1 Å². The summed E-state index contributed by atoms with van der Waals surface area (Å²) in [7, 11) is 0. The monoisotopic (exact) mass is 228 g/mol. The molecule has 1 rings (SSSR count). The van der Waals surface area contributed by atoms with Gasteiger partial charge in [0.05, 0.1) is 6.61 Å². The van der Waals surface area contributed by atoms with Crippen LogP contribution in [0.4, 0.5) is 0 Å². The molecule has 1 aliphatic heterocycles. The van der Waals surface area contributed by atoms with Crippen molar-refractivity contribution >= 4 is 0 Å². The average Bonchev–Trinajstić information content (AvgIpc) is 2.32. The zero-order valence-electron chi connectivity index (χ0n) is 11.0. The maximum absolute atomic E-state index is 5.39. The predicted molar refractivity (Wildman–Crippen MR) is 68.8 cm³/mol. The van der Waals surface area contributed by atoms with E-state index >= 15 is 0 Å². The minimum atomic E-state index is 0.845. The Morgan fingerprint density at radius 1 is 1.25 bits per heavy atom. The lowest BCUT2D eigenvalue weighted by Gasteiger charge is -2.31. The van der Waals surface area contributed by atoms with Crippen LogP contribution < -0.4 is 5.32 Å². The molecule has 1 N–H and O–H groups in total. The van der Waals surface area contributed by atoms with Gasteiger partial charge in [0.25, 0.3) is 0 Å². The minimum absolute atomic E-state index is 0.845. The lowest BCUT2D eigenvalue weighted by Crippen LogP contribution is -2.39. The van der Waals surface area contributed by atoms with Crippen LogP contribution in [-0.4, -0.2) is 50.8 Å². The molecule has 0 amide bonds. The van der Waals surface area contributed by atoms with Crippen LogP contribution in [0, 0.1) is 5.92 Å². The van der Waals surface area contributed by atoms with E-state index in [1.807, 2.05) is 0 Å². The highest BCUT2D eigenvalue weighted by Gasteiger charge is 2.18. The predicted octanol–water partition coefficient (Wildman–Crippen LogP) is 1.73. The summed E-state index contributed by atoms with van der Waals surface area (Å²) in [5.74, 6) is 0.898. The summed E-state index contributed by atoms with van der Waals surface area (Å²) in [4.78, 5) is 2.53. The van der Waals surface area contributed by atoms with Crippen LogP contribution >= 0.6 is 0 Å². The zero-order chi connectivity index (χ0) is 11.6. The molecule has 1 heterocycles. The molecule has 96 valence electrons. The van der Waals surface area contributed by atoms with Crippen LogP contribution in [0.3, 0.4) is 0 Å². The molecule has 1 aliphatic rings. The van der Waals surface area contributed by atoms with Crippen molar-refractivity contribution in [3.05, 3.63) is 0 Å².